The van der Waals surface area contributed by atoms with E-state index in [1.165, 1.54) is 12.8 Å². The maximum atomic E-state index is 13.1. The zero-order valence-electron chi connectivity index (χ0n) is 14.9. The van der Waals surface area contributed by atoms with Crippen LogP contribution in [0.2, 0.25) is 0 Å². The molecule has 24 heavy (non-hydrogen) atoms. The van der Waals surface area contributed by atoms with Crippen LogP contribution in [0.15, 0.2) is 18.2 Å². The van der Waals surface area contributed by atoms with E-state index in [0.29, 0.717) is 11.1 Å². The molecule has 1 spiro atoms. The van der Waals surface area contributed by atoms with E-state index in [2.05, 4.69) is 42.2 Å². The number of fused-ring (bicyclic) bond motifs is 1. The monoisotopic (exact) mass is 326 g/mol. The third-order valence-corrected chi connectivity index (χ3v) is 5.98. The Morgan fingerprint density at radius 3 is 2.58 bits per heavy atom. The largest absolute Gasteiger partial charge is 0.337 e. The van der Waals surface area contributed by atoms with Gasteiger partial charge in [0.15, 0.2) is 5.69 Å². The van der Waals surface area contributed by atoms with Crippen LogP contribution in [0.4, 0.5) is 0 Å². The summed E-state index contributed by atoms with van der Waals surface area (Å²) in [6, 6.07) is 6.20. The molecule has 2 fully saturated rings. The molecule has 0 atom stereocenters. The fraction of sp³-hybridized carbons (Fsp3) is 0.579. The Balaban J connectivity index is 1.60. The van der Waals surface area contributed by atoms with Gasteiger partial charge in [0.2, 0.25) is 0 Å². The number of hydrogen-bond donors (Lipinski definition) is 0. The number of rotatable bonds is 1. The molecule has 4 rings (SSSR count). The summed E-state index contributed by atoms with van der Waals surface area (Å²) in [4.78, 5) is 17.5. The van der Waals surface area contributed by atoms with Gasteiger partial charge < -0.3 is 9.80 Å². The van der Waals surface area contributed by atoms with E-state index in [1.54, 1.807) is 0 Å². The highest BCUT2D eigenvalue weighted by Gasteiger charge is 2.42. The smallest absolute Gasteiger partial charge is 0.275 e. The van der Waals surface area contributed by atoms with Gasteiger partial charge in [-0.15, -0.1) is 0 Å². The van der Waals surface area contributed by atoms with Crippen LogP contribution in [0, 0.1) is 12.3 Å². The number of benzene rings is 1. The molecule has 0 saturated carbocycles. The molecule has 0 bridgehead atoms. The lowest BCUT2D eigenvalue weighted by Crippen LogP contribution is -2.40. The number of nitrogens with zero attached hydrogens (tertiary/aromatic N) is 4. The van der Waals surface area contributed by atoms with E-state index < -0.39 is 0 Å². The summed E-state index contributed by atoms with van der Waals surface area (Å²) in [5.41, 5.74) is 3.14. The number of carbonyl (C=O) groups excluding carboxylic acids is 1. The highest BCUT2D eigenvalue weighted by molar-refractivity contribution is 6.05. The molecule has 0 N–H and O–H groups in total. The van der Waals surface area contributed by atoms with E-state index in [-0.39, 0.29) is 5.91 Å². The van der Waals surface area contributed by atoms with Crippen molar-refractivity contribution in [2.24, 2.45) is 12.5 Å². The average molecular weight is 326 g/mol. The van der Waals surface area contributed by atoms with Gasteiger partial charge in [0, 0.05) is 25.5 Å². The zero-order valence-corrected chi connectivity index (χ0v) is 14.9. The number of aromatic nitrogens is 2. The van der Waals surface area contributed by atoms with Crippen molar-refractivity contribution in [3.63, 3.8) is 0 Å². The molecule has 0 radical (unpaired) electrons. The summed E-state index contributed by atoms with van der Waals surface area (Å²) >= 11 is 0. The second-order valence-corrected chi connectivity index (χ2v) is 7.77. The molecule has 5 heteroatoms. The van der Waals surface area contributed by atoms with Gasteiger partial charge >= 0.3 is 0 Å². The normalized spacial score (nSPS) is 21.0. The van der Waals surface area contributed by atoms with Gasteiger partial charge in [0.05, 0.1) is 5.52 Å². The molecule has 0 unspecified atom stereocenters. The predicted molar refractivity (Wildman–Crippen MR) is 95.1 cm³/mol. The van der Waals surface area contributed by atoms with Crippen molar-refractivity contribution in [1.82, 2.24) is 19.6 Å². The van der Waals surface area contributed by atoms with Gasteiger partial charge in [-0.1, -0.05) is 11.6 Å². The highest BCUT2D eigenvalue weighted by Crippen LogP contribution is 2.40. The van der Waals surface area contributed by atoms with Crippen molar-refractivity contribution in [3.8, 4) is 0 Å². The molecule has 1 aromatic heterocycles. The Hall–Kier alpha value is -1.88. The highest BCUT2D eigenvalue weighted by atomic mass is 16.2. The molecule has 0 aliphatic carbocycles. The van der Waals surface area contributed by atoms with Gasteiger partial charge in [-0.3, -0.25) is 9.48 Å². The number of carbonyl (C=O) groups is 1. The van der Waals surface area contributed by atoms with E-state index in [0.717, 1.165) is 49.1 Å². The fourth-order valence-corrected chi connectivity index (χ4v) is 4.30. The molecule has 1 aromatic carbocycles. The Labute approximate surface area is 143 Å². The summed E-state index contributed by atoms with van der Waals surface area (Å²) in [5.74, 6) is 0.0991. The minimum atomic E-state index is 0.0991. The molecule has 3 heterocycles. The van der Waals surface area contributed by atoms with Crippen molar-refractivity contribution < 1.29 is 4.79 Å². The van der Waals surface area contributed by atoms with Crippen LogP contribution >= 0.6 is 0 Å². The number of hydrogen-bond acceptors (Lipinski definition) is 3. The number of piperidine rings is 1. The van der Waals surface area contributed by atoms with Crippen LogP contribution in [-0.2, 0) is 7.05 Å². The average Bonchev–Trinajstić information content (AvgIpc) is 3.12. The van der Waals surface area contributed by atoms with Crippen molar-refractivity contribution in [3.05, 3.63) is 29.5 Å². The van der Waals surface area contributed by atoms with E-state index in [4.69, 9.17) is 0 Å². The van der Waals surface area contributed by atoms with Crippen LogP contribution in [0.3, 0.4) is 0 Å². The third-order valence-electron chi connectivity index (χ3n) is 5.98. The topological polar surface area (TPSA) is 41.4 Å². The molecular weight excluding hydrogens is 300 g/mol. The zero-order chi connectivity index (χ0) is 16.9. The van der Waals surface area contributed by atoms with Crippen LogP contribution in [0.5, 0.6) is 0 Å². The van der Waals surface area contributed by atoms with Gasteiger partial charge in [-0.2, -0.15) is 5.10 Å². The Morgan fingerprint density at radius 2 is 1.83 bits per heavy atom. The summed E-state index contributed by atoms with van der Waals surface area (Å²) < 4.78 is 1.82. The first-order valence-corrected chi connectivity index (χ1v) is 8.89. The Kier molecular flexibility index (Phi) is 3.64. The summed E-state index contributed by atoms with van der Waals surface area (Å²) in [5, 5.41) is 5.52. The summed E-state index contributed by atoms with van der Waals surface area (Å²) in [6.07, 6.45) is 3.54. The quantitative estimate of drug-likeness (QED) is 0.808. The molecule has 2 aliphatic rings. The molecule has 2 aromatic rings. The molecule has 128 valence electrons. The van der Waals surface area contributed by atoms with E-state index in [1.807, 2.05) is 16.6 Å². The molecule has 5 nitrogen and oxygen atoms in total. The SMILES string of the molecule is Cc1ccc2c(c1)c(C(=O)N1CCC3(CCN(C)CC3)C1)nn2C. The lowest BCUT2D eigenvalue weighted by molar-refractivity contribution is 0.0732. The predicted octanol–water partition coefficient (Wildman–Crippen LogP) is 2.44. The first kappa shape index (κ1) is 15.6. The van der Waals surface area contributed by atoms with Gasteiger partial charge in [0.25, 0.3) is 5.91 Å². The number of likely N-dealkylation sites (tertiary alicyclic amines) is 2. The molecule has 2 aliphatic heterocycles. The van der Waals surface area contributed by atoms with Crippen molar-refractivity contribution in [2.45, 2.75) is 26.2 Å². The van der Waals surface area contributed by atoms with Crippen LogP contribution in [0.1, 0.15) is 35.3 Å². The number of amides is 1. The van der Waals surface area contributed by atoms with Crippen molar-refractivity contribution in [1.29, 1.82) is 0 Å². The Morgan fingerprint density at radius 1 is 1.12 bits per heavy atom. The minimum absolute atomic E-state index is 0.0991. The molecule has 1 amide bonds. The second kappa shape index (κ2) is 5.59. The fourth-order valence-electron chi connectivity index (χ4n) is 4.30. The first-order valence-electron chi connectivity index (χ1n) is 8.89. The van der Waals surface area contributed by atoms with Crippen molar-refractivity contribution >= 4 is 16.8 Å². The summed E-state index contributed by atoms with van der Waals surface area (Å²) in [7, 11) is 4.10. The Bertz CT molecular complexity index is 786. The van der Waals surface area contributed by atoms with E-state index in [9.17, 15) is 4.79 Å². The maximum absolute atomic E-state index is 13.1. The lowest BCUT2D eigenvalue weighted by atomic mass is 9.78. The van der Waals surface area contributed by atoms with Gasteiger partial charge in [-0.05, 0) is 63.9 Å². The van der Waals surface area contributed by atoms with Crippen LogP contribution in [-0.4, -0.2) is 58.7 Å². The van der Waals surface area contributed by atoms with E-state index >= 15 is 0 Å². The second-order valence-electron chi connectivity index (χ2n) is 7.77. The molecular formula is C19H26N4O. The summed E-state index contributed by atoms with van der Waals surface area (Å²) in [6.45, 7) is 6.11. The lowest BCUT2D eigenvalue weighted by Gasteiger charge is -2.37. The minimum Gasteiger partial charge on any atom is -0.337 e. The maximum Gasteiger partial charge on any atom is 0.275 e. The van der Waals surface area contributed by atoms with Gasteiger partial charge in [-0.25, -0.2) is 0 Å². The molecule has 2 saturated heterocycles. The first-order chi connectivity index (χ1) is 11.5. The van der Waals surface area contributed by atoms with Crippen molar-refractivity contribution in [2.75, 3.05) is 33.2 Å². The third kappa shape index (κ3) is 2.51. The standard InChI is InChI=1S/C19H26N4O/c1-14-4-5-16-15(12-14)17(20-22(16)3)18(24)23-11-8-19(13-23)6-9-21(2)10-7-19/h4-5,12H,6-11,13H2,1-3H3. The van der Waals surface area contributed by atoms with Crippen LogP contribution in [0.25, 0.3) is 10.9 Å². The van der Waals surface area contributed by atoms with Crippen LogP contribution < -0.4 is 0 Å². The van der Waals surface area contributed by atoms with Gasteiger partial charge in [0.1, 0.15) is 0 Å². The number of aryl methyl sites for hydroxylation is 2.